The van der Waals surface area contributed by atoms with Gasteiger partial charge in [0.25, 0.3) is 0 Å². The fraction of sp³-hybridized carbons (Fsp3) is 0.833. The number of fused-ring (bicyclic) bond motifs is 1. The molecule has 2 aliphatic rings. The van der Waals surface area contributed by atoms with Gasteiger partial charge in [-0.1, -0.05) is 12.3 Å². The minimum Gasteiger partial charge on any atom is -0.298 e. The number of piperazine rings is 1. The van der Waals surface area contributed by atoms with Crippen molar-refractivity contribution in [3.05, 3.63) is 0 Å². The molecule has 0 aromatic heterocycles. The summed E-state index contributed by atoms with van der Waals surface area (Å²) in [5, 5.41) is 0. The van der Waals surface area contributed by atoms with Crippen molar-refractivity contribution in [2.75, 3.05) is 26.2 Å². The summed E-state index contributed by atoms with van der Waals surface area (Å²) in [7, 11) is 0. The fourth-order valence-electron chi connectivity index (χ4n) is 2.64. The number of piperidine rings is 1. The van der Waals surface area contributed by atoms with E-state index < -0.39 is 0 Å². The van der Waals surface area contributed by atoms with E-state index in [1.807, 2.05) is 0 Å². The lowest BCUT2D eigenvalue weighted by Crippen LogP contribution is -2.56. The zero-order valence-corrected chi connectivity index (χ0v) is 9.08. The Kier molecular flexibility index (Phi) is 3.10. The second-order valence-corrected chi connectivity index (χ2v) is 4.52. The van der Waals surface area contributed by atoms with E-state index >= 15 is 0 Å². The Bertz CT molecular complexity index is 231. The lowest BCUT2D eigenvalue weighted by molar-refractivity contribution is 0.0415. The van der Waals surface area contributed by atoms with Gasteiger partial charge in [0.1, 0.15) is 0 Å². The monoisotopic (exact) mass is 192 g/mol. The van der Waals surface area contributed by atoms with Crippen molar-refractivity contribution >= 4 is 0 Å². The molecule has 2 aliphatic heterocycles. The average Bonchev–Trinajstić information content (AvgIpc) is 2.27. The highest BCUT2D eigenvalue weighted by Crippen LogP contribution is 2.21. The van der Waals surface area contributed by atoms with E-state index in [1.165, 1.54) is 38.9 Å². The summed E-state index contributed by atoms with van der Waals surface area (Å²) >= 11 is 0. The lowest BCUT2D eigenvalue weighted by Gasteiger charge is -2.45. The SMILES string of the molecule is C#CC(C)N1CCN2CCCCC2C1. The maximum atomic E-state index is 5.47. The largest absolute Gasteiger partial charge is 0.298 e. The summed E-state index contributed by atoms with van der Waals surface area (Å²) in [5.74, 6) is 2.84. The van der Waals surface area contributed by atoms with E-state index in [1.54, 1.807) is 0 Å². The quantitative estimate of drug-likeness (QED) is 0.576. The van der Waals surface area contributed by atoms with Crippen molar-refractivity contribution in [1.29, 1.82) is 0 Å². The molecule has 0 amide bonds. The van der Waals surface area contributed by atoms with E-state index in [9.17, 15) is 0 Å². The van der Waals surface area contributed by atoms with Crippen LogP contribution in [-0.4, -0.2) is 48.1 Å². The normalized spacial score (nSPS) is 31.9. The van der Waals surface area contributed by atoms with Crippen LogP contribution in [0.1, 0.15) is 26.2 Å². The summed E-state index contributed by atoms with van der Waals surface area (Å²) < 4.78 is 0. The van der Waals surface area contributed by atoms with Gasteiger partial charge in [-0.15, -0.1) is 6.42 Å². The van der Waals surface area contributed by atoms with Crippen LogP contribution >= 0.6 is 0 Å². The van der Waals surface area contributed by atoms with Crippen molar-refractivity contribution in [1.82, 2.24) is 9.80 Å². The van der Waals surface area contributed by atoms with E-state index in [0.29, 0.717) is 6.04 Å². The first-order chi connectivity index (χ1) is 6.81. The van der Waals surface area contributed by atoms with Crippen LogP contribution in [0.15, 0.2) is 0 Å². The van der Waals surface area contributed by atoms with Crippen molar-refractivity contribution in [2.24, 2.45) is 0 Å². The molecule has 0 saturated carbocycles. The van der Waals surface area contributed by atoms with Crippen LogP contribution in [0.5, 0.6) is 0 Å². The number of terminal acetylenes is 1. The van der Waals surface area contributed by atoms with Gasteiger partial charge in [-0.05, 0) is 26.3 Å². The molecule has 0 spiro atoms. The molecular weight excluding hydrogens is 172 g/mol. The van der Waals surface area contributed by atoms with Gasteiger partial charge in [0.2, 0.25) is 0 Å². The zero-order chi connectivity index (χ0) is 9.97. The predicted octanol–water partition coefficient (Wildman–Crippen LogP) is 1.18. The summed E-state index contributed by atoms with van der Waals surface area (Å²) in [5.41, 5.74) is 0. The lowest BCUT2D eigenvalue weighted by atomic mass is 9.99. The highest BCUT2D eigenvalue weighted by Gasteiger charge is 2.29. The first kappa shape index (κ1) is 10.0. The second kappa shape index (κ2) is 4.33. The van der Waals surface area contributed by atoms with Crippen LogP contribution in [0.25, 0.3) is 0 Å². The van der Waals surface area contributed by atoms with Crippen molar-refractivity contribution < 1.29 is 0 Å². The van der Waals surface area contributed by atoms with Gasteiger partial charge < -0.3 is 0 Å². The van der Waals surface area contributed by atoms with Crippen LogP contribution < -0.4 is 0 Å². The Morgan fingerprint density at radius 3 is 2.93 bits per heavy atom. The number of hydrogen-bond donors (Lipinski definition) is 0. The Morgan fingerprint density at radius 2 is 2.14 bits per heavy atom. The van der Waals surface area contributed by atoms with Crippen molar-refractivity contribution in [3.8, 4) is 12.3 Å². The molecule has 2 atom stereocenters. The summed E-state index contributed by atoms with van der Waals surface area (Å²) in [6.07, 6.45) is 9.63. The maximum absolute atomic E-state index is 5.47. The van der Waals surface area contributed by atoms with Gasteiger partial charge in [-0.3, -0.25) is 9.80 Å². The topological polar surface area (TPSA) is 6.48 Å². The molecule has 0 N–H and O–H groups in total. The molecule has 0 aromatic rings. The number of nitrogens with zero attached hydrogens (tertiary/aromatic N) is 2. The predicted molar refractivity (Wildman–Crippen MR) is 59.1 cm³/mol. The Hall–Kier alpha value is -0.520. The third kappa shape index (κ3) is 1.94. The molecule has 2 heteroatoms. The molecule has 0 bridgehead atoms. The van der Waals surface area contributed by atoms with E-state index in [-0.39, 0.29) is 0 Å². The summed E-state index contributed by atoms with van der Waals surface area (Å²) in [4.78, 5) is 5.09. The van der Waals surface area contributed by atoms with E-state index in [2.05, 4.69) is 22.6 Å². The molecule has 2 saturated heterocycles. The third-order valence-electron chi connectivity index (χ3n) is 3.66. The Labute approximate surface area is 87.3 Å². The standard InChI is InChI=1S/C12H20N2/c1-3-11(2)14-9-8-13-7-5-4-6-12(13)10-14/h1,11-12H,4-10H2,2H3. The van der Waals surface area contributed by atoms with Crippen LogP contribution in [0.2, 0.25) is 0 Å². The highest BCUT2D eigenvalue weighted by atomic mass is 15.3. The van der Waals surface area contributed by atoms with Crippen molar-refractivity contribution in [3.63, 3.8) is 0 Å². The van der Waals surface area contributed by atoms with Crippen LogP contribution in [0, 0.1) is 12.3 Å². The van der Waals surface area contributed by atoms with Gasteiger partial charge in [-0.25, -0.2) is 0 Å². The average molecular weight is 192 g/mol. The molecule has 2 nitrogen and oxygen atoms in total. The van der Waals surface area contributed by atoms with Gasteiger partial charge in [0.05, 0.1) is 6.04 Å². The van der Waals surface area contributed by atoms with Crippen LogP contribution in [-0.2, 0) is 0 Å². The maximum Gasteiger partial charge on any atom is 0.0684 e. The van der Waals surface area contributed by atoms with Gasteiger partial charge in [0, 0.05) is 25.7 Å². The first-order valence-corrected chi connectivity index (χ1v) is 5.75. The minimum absolute atomic E-state index is 0.319. The molecule has 14 heavy (non-hydrogen) atoms. The molecule has 78 valence electrons. The highest BCUT2D eigenvalue weighted by molar-refractivity contribution is 5.00. The number of rotatable bonds is 1. The molecule has 2 unspecified atom stereocenters. The summed E-state index contributed by atoms with van der Waals surface area (Å²) in [6.45, 7) is 7.01. The summed E-state index contributed by atoms with van der Waals surface area (Å²) in [6, 6.07) is 1.10. The molecule has 2 rings (SSSR count). The molecular formula is C12H20N2. The molecule has 0 radical (unpaired) electrons. The van der Waals surface area contributed by atoms with Gasteiger partial charge >= 0.3 is 0 Å². The Morgan fingerprint density at radius 1 is 1.29 bits per heavy atom. The second-order valence-electron chi connectivity index (χ2n) is 4.52. The molecule has 2 fully saturated rings. The van der Waals surface area contributed by atoms with Gasteiger partial charge in [0.15, 0.2) is 0 Å². The van der Waals surface area contributed by atoms with Crippen LogP contribution in [0.3, 0.4) is 0 Å². The number of hydrogen-bond acceptors (Lipinski definition) is 2. The van der Waals surface area contributed by atoms with Crippen LogP contribution in [0.4, 0.5) is 0 Å². The first-order valence-electron chi connectivity index (χ1n) is 5.75. The smallest absolute Gasteiger partial charge is 0.0684 e. The van der Waals surface area contributed by atoms with E-state index in [4.69, 9.17) is 6.42 Å². The minimum atomic E-state index is 0.319. The molecule has 0 aromatic carbocycles. The fourth-order valence-corrected chi connectivity index (χ4v) is 2.64. The zero-order valence-electron chi connectivity index (χ0n) is 9.08. The molecule has 2 heterocycles. The van der Waals surface area contributed by atoms with E-state index in [0.717, 1.165) is 12.6 Å². The van der Waals surface area contributed by atoms with Gasteiger partial charge in [-0.2, -0.15) is 0 Å². The third-order valence-corrected chi connectivity index (χ3v) is 3.66. The Balaban J connectivity index is 1.93. The van der Waals surface area contributed by atoms with Crippen molar-refractivity contribution in [2.45, 2.75) is 38.3 Å². The molecule has 0 aliphatic carbocycles.